The first kappa shape index (κ1) is 13.1. The molecule has 0 unspecified atom stereocenters. The lowest BCUT2D eigenvalue weighted by Gasteiger charge is -2.24. The molecule has 2 rings (SSSR count). The molecule has 4 nitrogen and oxygen atoms in total. The molecule has 0 radical (unpaired) electrons. The molecule has 0 aromatic carbocycles. The maximum atomic E-state index is 4.69. The van der Waals surface area contributed by atoms with Crippen molar-refractivity contribution in [2.75, 3.05) is 23.3 Å². The van der Waals surface area contributed by atoms with E-state index in [1.165, 1.54) is 18.4 Å². The molecule has 100 valence electrons. The van der Waals surface area contributed by atoms with Gasteiger partial charge in [0.05, 0.1) is 0 Å². The molecule has 1 aliphatic carbocycles. The van der Waals surface area contributed by atoms with Gasteiger partial charge < -0.3 is 10.2 Å². The molecule has 0 atom stereocenters. The average Bonchev–Trinajstić information content (AvgIpc) is 3.20. The van der Waals surface area contributed by atoms with Crippen LogP contribution in [-0.2, 0) is 0 Å². The van der Waals surface area contributed by atoms with E-state index in [9.17, 15) is 0 Å². The summed E-state index contributed by atoms with van der Waals surface area (Å²) in [4.78, 5) is 11.5. The quantitative estimate of drug-likeness (QED) is 0.805. The van der Waals surface area contributed by atoms with Crippen molar-refractivity contribution in [2.24, 2.45) is 0 Å². The zero-order chi connectivity index (χ0) is 13.0. The van der Waals surface area contributed by atoms with Crippen molar-refractivity contribution in [2.45, 2.75) is 52.5 Å². The van der Waals surface area contributed by atoms with E-state index in [1.807, 2.05) is 6.20 Å². The van der Waals surface area contributed by atoms with Gasteiger partial charge >= 0.3 is 0 Å². The number of aryl methyl sites for hydroxylation is 1. The van der Waals surface area contributed by atoms with Crippen molar-refractivity contribution in [3.63, 3.8) is 0 Å². The molecule has 1 fully saturated rings. The summed E-state index contributed by atoms with van der Waals surface area (Å²) in [5.41, 5.74) is 1.18. The molecule has 18 heavy (non-hydrogen) atoms. The number of rotatable bonds is 7. The van der Waals surface area contributed by atoms with Gasteiger partial charge in [-0.3, -0.25) is 0 Å². The Bertz CT molecular complexity index is 387. The van der Waals surface area contributed by atoms with Crippen LogP contribution in [0.3, 0.4) is 0 Å². The van der Waals surface area contributed by atoms with Crippen LogP contribution in [-0.4, -0.2) is 29.1 Å². The fraction of sp³-hybridized carbons (Fsp3) is 0.714. The lowest BCUT2D eigenvalue weighted by Crippen LogP contribution is -2.28. The van der Waals surface area contributed by atoms with Crippen molar-refractivity contribution in [1.29, 1.82) is 0 Å². The highest BCUT2D eigenvalue weighted by Crippen LogP contribution is 2.32. The Morgan fingerprint density at radius 1 is 1.33 bits per heavy atom. The Labute approximate surface area is 110 Å². The van der Waals surface area contributed by atoms with Gasteiger partial charge in [-0.2, -0.15) is 4.98 Å². The normalized spacial score (nSPS) is 14.6. The summed E-state index contributed by atoms with van der Waals surface area (Å²) >= 11 is 0. The predicted octanol–water partition coefficient (Wildman–Crippen LogP) is 2.99. The monoisotopic (exact) mass is 248 g/mol. The maximum absolute atomic E-state index is 4.69. The second kappa shape index (κ2) is 6.03. The summed E-state index contributed by atoms with van der Waals surface area (Å²) in [5.74, 6) is 1.88. The molecule has 4 heteroatoms. The fourth-order valence-corrected chi connectivity index (χ4v) is 2.13. The zero-order valence-corrected chi connectivity index (χ0v) is 11.7. The number of hydrogen-bond donors (Lipinski definition) is 1. The third kappa shape index (κ3) is 3.12. The summed E-state index contributed by atoms with van der Waals surface area (Å²) in [6.07, 6.45) is 6.80. The third-order valence-electron chi connectivity index (χ3n) is 3.20. The van der Waals surface area contributed by atoms with Gasteiger partial charge in [-0.25, -0.2) is 4.98 Å². The van der Waals surface area contributed by atoms with Crippen molar-refractivity contribution < 1.29 is 0 Å². The van der Waals surface area contributed by atoms with E-state index in [2.05, 4.69) is 36.0 Å². The van der Waals surface area contributed by atoms with Crippen LogP contribution in [0.1, 0.15) is 45.1 Å². The second-order valence-corrected chi connectivity index (χ2v) is 5.05. The van der Waals surface area contributed by atoms with Gasteiger partial charge in [0, 0.05) is 30.9 Å². The smallest absolute Gasteiger partial charge is 0.224 e. The van der Waals surface area contributed by atoms with E-state index >= 15 is 0 Å². The molecule has 0 spiro atoms. The topological polar surface area (TPSA) is 41.1 Å². The van der Waals surface area contributed by atoms with Gasteiger partial charge in [-0.05, 0) is 32.6 Å². The molecule has 1 N–H and O–H groups in total. The van der Waals surface area contributed by atoms with Crippen LogP contribution in [0.25, 0.3) is 0 Å². The van der Waals surface area contributed by atoms with E-state index in [1.54, 1.807) is 0 Å². The van der Waals surface area contributed by atoms with E-state index in [4.69, 9.17) is 4.98 Å². The number of anilines is 2. The molecule has 0 bridgehead atoms. The maximum Gasteiger partial charge on any atom is 0.224 e. The molecule has 1 saturated carbocycles. The average molecular weight is 248 g/mol. The Morgan fingerprint density at radius 3 is 2.72 bits per heavy atom. The summed E-state index contributed by atoms with van der Waals surface area (Å²) in [7, 11) is 0. The van der Waals surface area contributed by atoms with Crippen LogP contribution in [0.15, 0.2) is 6.20 Å². The predicted molar refractivity (Wildman–Crippen MR) is 76.2 cm³/mol. The highest BCUT2D eigenvalue weighted by Gasteiger charge is 2.30. The Morgan fingerprint density at radius 2 is 2.11 bits per heavy atom. The largest absolute Gasteiger partial charge is 0.354 e. The van der Waals surface area contributed by atoms with Crippen LogP contribution >= 0.6 is 0 Å². The minimum absolute atomic E-state index is 0.706. The Hall–Kier alpha value is -1.32. The lowest BCUT2D eigenvalue weighted by molar-refractivity contribution is 0.745. The fourth-order valence-electron chi connectivity index (χ4n) is 2.13. The van der Waals surface area contributed by atoms with Gasteiger partial charge in [0.25, 0.3) is 0 Å². The summed E-state index contributed by atoms with van der Waals surface area (Å²) in [6, 6.07) is 0.706. The molecule has 1 aliphatic rings. The molecular weight excluding hydrogens is 224 g/mol. The molecular formula is C14H24N4. The molecule has 1 heterocycles. The number of aromatic nitrogens is 2. The molecule has 1 aromatic heterocycles. The standard InChI is InChI=1S/C14H24N4/c1-4-8-15-14-16-10-11(3)13(17-14)18(9-5-2)12-6-7-12/h10,12H,4-9H2,1-3H3,(H,15,16,17). The highest BCUT2D eigenvalue weighted by atomic mass is 15.3. The summed E-state index contributed by atoms with van der Waals surface area (Å²) in [5, 5.41) is 3.27. The minimum Gasteiger partial charge on any atom is -0.354 e. The first-order valence-corrected chi connectivity index (χ1v) is 7.10. The van der Waals surface area contributed by atoms with E-state index in [0.717, 1.165) is 37.7 Å². The first-order chi connectivity index (χ1) is 8.76. The first-order valence-electron chi connectivity index (χ1n) is 7.10. The number of hydrogen-bond acceptors (Lipinski definition) is 4. The van der Waals surface area contributed by atoms with E-state index in [0.29, 0.717) is 6.04 Å². The van der Waals surface area contributed by atoms with Gasteiger partial charge in [-0.15, -0.1) is 0 Å². The lowest BCUT2D eigenvalue weighted by atomic mass is 10.3. The summed E-state index contributed by atoms with van der Waals surface area (Å²) in [6.45, 7) is 8.50. The number of nitrogens with zero attached hydrogens (tertiary/aromatic N) is 3. The van der Waals surface area contributed by atoms with Crippen molar-refractivity contribution in [3.8, 4) is 0 Å². The second-order valence-electron chi connectivity index (χ2n) is 5.05. The van der Waals surface area contributed by atoms with Crippen LogP contribution in [0.2, 0.25) is 0 Å². The van der Waals surface area contributed by atoms with Crippen LogP contribution < -0.4 is 10.2 Å². The molecule has 0 amide bonds. The SMILES string of the molecule is CCCNc1ncc(C)c(N(CCC)C2CC2)n1. The van der Waals surface area contributed by atoms with E-state index in [-0.39, 0.29) is 0 Å². The van der Waals surface area contributed by atoms with Gasteiger partial charge in [0.2, 0.25) is 5.95 Å². The van der Waals surface area contributed by atoms with Gasteiger partial charge in [-0.1, -0.05) is 13.8 Å². The minimum atomic E-state index is 0.706. The van der Waals surface area contributed by atoms with E-state index < -0.39 is 0 Å². The Kier molecular flexibility index (Phi) is 4.39. The molecule has 0 aliphatic heterocycles. The molecule has 0 saturated heterocycles. The zero-order valence-electron chi connectivity index (χ0n) is 11.7. The van der Waals surface area contributed by atoms with Crippen LogP contribution in [0.5, 0.6) is 0 Å². The third-order valence-corrected chi connectivity index (χ3v) is 3.20. The Balaban J connectivity index is 2.17. The van der Waals surface area contributed by atoms with Crippen molar-refractivity contribution >= 4 is 11.8 Å². The van der Waals surface area contributed by atoms with Crippen LogP contribution in [0, 0.1) is 6.92 Å². The molecule has 1 aromatic rings. The highest BCUT2D eigenvalue weighted by molar-refractivity contribution is 5.50. The van der Waals surface area contributed by atoms with Crippen molar-refractivity contribution in [1.82, 2.24) is 9.97 Å². The van der Waals surface area contributed by atoms with Crippen LogP contribution in [0.4, 0.5) is 11.8 Å². The number of nitrogens with one attached hydrogen (secondary N) is 1. The van der Waals surface area contributed by atoms with Gasteiger partial charge in [0.15, 0.2) is 0 Å². The van der Waals surface area contributed by atoms with Crippen molar-refractivity contribution in [3.05, 3.63) is 11.8 Å². The summed E-state index contributed by atoms with van der Waals surface area (Å²) < 4.78 is 0. The van der Waals surface area contributed by atoms with Gasteiger partial charge in [0.1, 0.15) is 5.82 Å².